The number of halogens is 1. The van der Waals surface area contributed by atoms with Gasteiger partial charge in [0.15, 0.2) is 5.16 Å². The fraction of sp³-hybridized carbons (Fsp3) is 0.286. The molecule has 1 amide bonds. The highest BCUT2D eigenvalue weighted by atomic mass is 35.5. The van der Waals surface area contributed by atoms with Crippen LogP contribution in [0.15, 0.2) is 60.4 Å². The molecule has 1 unspecified atom stereocenters. The number of rotatable bonds is 5. The number of likely N-dealkylation sites (tertiary alicyclic amines) is 1. The molecule has 148 valence electrons. The zero-order chi connectivity index (χ0) is 20.1. The Bertz CT molecular complexity index is 988. The van der Waals surface area contributed by atoms with E-state index in [2.05, 4.69) is 19.9 Å². The summed E-state index contributed by atoms with van der Waals surface area (Å²) in [4.78, 5) is 31.8. The minimum Gasteiger partial charge on any atom is -0.341 e. The molecule has 0 radical (unpaired) electrons. The van der Waals surface area contributed by atoms with Gasteiger partial charge in [0.25, 0.3) is 0 Å². The zero-order valence-electron chi connectivity index (χ0n) is 15.7. The lowest BCUT2D eigenvalue weighted by molar-refractivity contribution is -0.129. The maximum absolute atomic E-state index is 12.8. The Morgan fingerprint density at radius 3 is 2.79 bits per heavy atom. The van der Waals surface area contributed by atoms with E-state index in [1.54, 1.807) is 24.8 Å². The number of piperidine rings is 1. The SMILES string of the molecule is O=C(CSc1ncccn1)N1CCCC(c2ncncc2-c2ccccc2Cl)C1. The number of hydrogen-bond donors (Lipinski definition) is 0. The van der Waals surface area contributed by atoms with Gasteiger partial charge in [0.1, 0.15) is 6.33 Å². The summed E-state index contributed by atoms with van der Waals surface area (Å²) in [5.41, 5.74) is 2.80. The Morgan fingerprint density at radius 1 is 1.14 bits per heavy atom. The highest BCUT2D eigenvalue weighted by molar-refractivity contribution is 7.99. The maximum atomic E-state index is 12.8. The average molecular weight is 426 g/mol. The Kier molecular flexibility index (Phi) is 6.36. The number of hydrogen-bond acceptors (Lipinski definition) is 6. The normalized spacial score (nSPS) is 16.6. The van der Waals surface area contributed by atoms with Crippen LogP contribution in [0.1, 0.15) is 24.5 Å². The van der Waals surface area contributed by atoms with E-state index < -0.39 is 0 Å². The molecule has 1 atom stereocenters. The molecule has 0 aliphatic carbocycles. The van der Waals surface area contributed by atoms with Crippen LogP contribution in [0, 0.1) is 0 Å². The third-order valence-corrected chi connectivity index (χ3v) is 6.12. The average Bonchev–Trinajstić information content (AvgIpc) is 2.78. The molecule has 0 spiro atoms. The fourth-order valence-corrected chi connectivity index (χ4v) is 4.50. The smallest absolute Gasteiger partial charge is 0.233 e. The first kappa shape index (κ1) is 19.8. The quantitative estimate of drug-likeness (QED) is 0.453. The van der Waals surface area contributed by atoms with Crippen molar-refractivity contribution in [1.82, 2.24) is 24.8 Å². The molecule has 1 fully saturated rings. The van der Waals surface area contributed by atoms with Crippen LogP contribution in [0.25, 0.3) is 11.1 Å². The molecule has 1 aliphatic rings. The summed E-state index contributed by atoms with van der Waals surface area (Å²) < 4.78 is 0. The molecular weight excluding hydrogens is 406 g/mol. The number of thioether (sulfide) groups is 1. The van der Waals surface area contributed by atoms with Gasteiger partial charge < -0.3 is 4.90 Å². The second-order valence-electron chi connectivity index (χ2n) is 6.80. The summed E-state index contributed by atoms with van der Waals surface area (Å²) in [7, 11) is 0. The number of carbonyl (C=O) groups is 1. The maximum Gasteiger partial charge on any atom is 0.233 e. The van der Waals surface area contributed by atoms with E-state index >= 15 is 0 Å². The second-order valence-corrected chi connectivity index (χ2v) is 8.15. The van der Waals surface area contributed by atoms with Gasteiger partial charge in [-0.1, -0.05) is 41.6 Å². The van der Waals surface area contributed by atoms with E-state index in [0.717, 1.165) is 36.2 Å². The molecule has 0 N–H and O–H groups in total. The van der Waals surface area contributed by atoms with Gasteiger partial charge in [-0.05, 0) is 25.0 Å². The highest BCUT2D eigenvalue weighted by Gasteiger charge is 2.28. The molecule has 0 bridgehead atoms. The molecule has 1 saturated heterocycles. The molecule has 0 saturated carbocycles. The molecule has 29 heavy (non-hydrogen) atoms. The van der Waals surface area contributed by atoms with Gasteiger partial charge in [0.2, 0.25) is 5.91 Å². The molecule has 1 aliphatic heterocycles. The predicted octanol–water partition coefficient (Wildman–Crippen LogP) is 4.09. The van der Waals surface area contributed by atoms with E-state index in [9.17, 15) is 4.79 Å². The Morgan fingerprint density at radius 2 is 1.97 bits per heavy atom. The van der Waals surface area contributed by atoms with Crippen molar-refractivity contribution in [1.29, 1.82) is 0 Å². The van der Waals surface area contributed by atoms with Crippen molar-refractivity contribution in [3.05, 3.63) is 66.0 Å². The van der Waals surface area contributed by atoms with Gasteiger partial charge >= 0.3 is 0 Å². The van der Waals surface area contributed by atoms with Crippen LogP contribution >= 0.6 is 23.4 Å². The van der Waals surface area contributed by atoms with E-state index in [1.165, 1.54) is 11.8 Å². The van der Waals surface area contributed by atoms with Crippen LogP contribution in [0.5, 0.6) is 0 Å². The van der Waals surface area contributed by atoms with Crippen LogP contribution in [0.2, 0.25) is 5.02 Å². The first-order valence-corrected chi connectivity index (χ1v) is 10.8. The summed E-state index contributed by atoms with van der Waals surface area (Å²) >= 11 is 7.78. The minimum atomic E-state index is 0.0977. The third-order valence-electron chi connectivity index (χ3n) is 4.93. The molecule has 2 aromatic heterocycles. The largest absolute Gasteiger partial charge is 0.341 e. The van der Waals surface area contributed by atoms with Gasteiger partial charge in [0.05, 0.1) is 11.4 Å². The van der Waals surface area contributed by atoms with Crippen LogP contribution in [0.4, 0.5) is 0 Å². The Balaban J connectivity index is 1.49. The highest BCUT2D eigenvalue weighted by Crippen LogP contribution is 2.35. The number of aromatic nitrogens is 4. The lowest BCUT2D eigenvalue weighted by Gasteiger charge is -2.33. The zero-order valence-corrected chi connectivity index (χ0v) is 17.3. The number of nitrogens with zero attached hydrogens (tertiary/aromatic N) is 5. The summed E-state index contributed by atoms with van der Waals surface area (Å²) in [6.45, 7) is 1.40. The summed E-state index contributed by atoms with van der Waals surface area (Å²) in [5, 5.41) is 1.29. The van der Waals surface area contributed by atoms with E-state index in [1.807, 2.05) is 35.4 Å². The molecule has 6 nitrogen and oxygen atoms in total. The number of benzene rings is 1. The van der Waals surface area contributed by atoms with E-state index in [-0.39, 0.29) is 11.8 Å². The molecule has 4 rings (SSSR count). The monoisotopic (exact) mass is 425 g/mol. The number of carbonyl (C=O) groups excluding carboxylic acids is 1. The summed E-state index contributed by atoms with van der Waals surface area (Å²) in [5.74, 6) is 0.582. The van der Waals surface area contributed by atoms with Gasteiger partial charge in [-0.25, -0.2) is 19.9 Å². The van der Waals surface area contributed by atoms with Crippen molar-refractivity contribution < 1.29 is 4.79 Å². The molecule has 1 aromatic carbocycles. The fourth-order valence-electron chi connectivity index (χ4n) is 3.56. The minimum absolute atomic E-state index is 0.0977. The Labute approximate surface area is 178 Å². The standard InChI is InChI=1S/C21H20ClN5OS/c22-18-7-2-1-6-16(18)17-11-23-14-26-20(17)15-5-3-10-27(12-15)19(28)13-29-21-24-8-4-9-25-21/h1-2,4,6-9,11,14-15H,3,5,10,12-13H2. The van der Waals surface area contributed by atoms with Crippen molar-refractivity contribution in [3.8, 4) is 11.1 Å². The van der Waals surface area contributed by atoms with Crippen molar-refractivity contribution in [2.24, 2.45) is 0 Å². The van der Waals surface area contributed by atoms with E-state index in [0.29, 0.717) is 22.5 Å². The first-order chi connectivity index (χ1) is 14.2. The third kappa shape index (κ3) is 4.74. The van der Waals surface area contributed by atoms with Crippen LogP contribution in [-0.4, -0.2) is 49.6 Å². The first-order valence-electron chi connectivity index (χ1n) is 9.45. The van der Waals surface area contributed by atoms with Gasteiger partial charge in [0, 0.05) is 53.7 Å². The Hall–Kier alpha value is -2.51. The van der Waals surface area contributed by atoms with Crippen LogP contribution in [-0.2, 0) is 4.79 Å². The molecule has 8 heteroatoms. The second kappa shape index (κ2) is 9.33. The summed E-state index contributed by atoms with van der Waals surface area (Å²) in [6.07, 6.45) is 8.66. The molecule has 3 aromatic rings. The van der Waals surface area contributed by atoms with Gasteiger partial charge in [-0.2, -0.15) is 0 Å². The molecular formula is C21H20ClN5OS. The van der Waals surface area contributed by atoms with Crippen LogP contribution < -0.4 is 0 Å². The van der Waals surface area contributed by atoms with Gasteiger partial charge in [-0.3, -0.25) is 4.79 Å². The molecule has 3 heterocycles. The summed E-state index contributed by atoms with van der Waals surface area (Å²) in [6, 6.07) is 9.47. The van der Waals surface area contributed by atoms with Crippen molar-refractivity contribution in [2.45, 2.75) is 23.9 Å². The predicted molar refractivity (Wildman–Crippen MR) is 114 cm³/mol. The van der Waals surface area contributed by atoms with Crippen molar-refractivity contribution in [3.63, 3.8) is 0 Å². The van der Waals surface area contributed by atoms with Crippen molar-refractivity contribution >= 4 is 29.3 Å². The van der Waals surface area contributed by atoms with Gasteiger partial charge in [-0.15, -0.1) is 0 Å². The lowest BCUT2D eigenvalue weighted by Crippen LogP contribution is -2.40. The van der Waals surface area contributed by atoms with E-state index in [4.69, 9.17) is 11.6 Å². The topological polar surface area (TPSA) is 71.9 Å². The lowest BCUT2D eigenvalue weighted by atomic mass is 9.90. The van der Waals surface area contributed by atoms with Crippen LogP contribution in [0.3, 0.4) is 0 Å². The van der Waals surface area contributed by atoms with Crippen molar-refractivity contribution in [2.75, 3.05) is 18.8 Å². The number of amides is 1.